The van der Waals surface area contributed by atoms with Crippen LogP contribution in [0.5, 0.6) is 0 Å². The van der Waals surface area contributed by atoms with E-state index in [0.717, 1.165) is 5.56 Å². The Morgan fingerprint density at radius 1 is 1.25 bits per heavy atom. The fourth-order valence-electron chi connectivity index (χ4n) is 1.62. The molecule has 0 fully saturated rings. The van der Waals surface area contributed by atoms with Crippen LogP contribution in [0.1, 0.15) is 18.9 Å². The number of primary amides is 1. The Balaban J connectivity index is 2.74. The average Bonchev–Trinajstić information content (AvgIpc) is 2.31. The summed E-state index contributed by atoms with van der Waals surface area (Å²) in [7, 11) is 0. The highest BCUT2D eigenvalue weighted by Gasteiger charge is 2.16. The van der Waals surface area contributed by atoms with E-state index in [1.807, 2.05) is 0 Å². The second-order valence-electron chi connectivity index (χ2n) is 4.48. The first kappa shape index (κ1) is 15.6. The first-order valence-corrected chi connectivity index (χ1v) is 6.02. The second kappa shape index (κ2) is 6.67. The minimum Gasteiger partial charge on any atom is -0.370 e. The van der Waals surface area contributed by atoms with E-state index >= 15 is 0 Å². The lowest BCUT2D eigenvalue weighted by molar-refractivity contribution is -0.123. The van der Waals surface area contributed by atoms with Crippen molar-refractivity contribution in [3.63, 3.8) is 0 Å². The van der Waals surface area contributed by atoms with E-state index in [9.17, 15) is 14.4 Å². The van der Waals surface area contributed by atoms with Crippen molar-refractivity contribution in [3.8, 4) is 0 Å². The maximum Gasteiger partial charge on any atom is 0.241 e. The zero-order valence-electron chi connectivity index (χ0n) is 11.4. The first-order valence-electron chi connectivity index (χ1n) is 6.02. The van der Waals surface area contributed by atoms with Crippen LogP contribution in [0.15, 0.2) is 18.2 Å². The minimum absolute atomic E-state index is 0.173. The van der Waals surface area contributed by atoms with Crippen LogP contribution in [0.25, 0.3) is 0 Å². The first-order chi connectivity index (χ1) is 9.29. The molecule has 7 heteroatoms. The normalized spacial score (nSPS) is 11.6. The number of benzene rings is 1. The fourth-order valence-corrected chi connectivity index (χ4v) is 1.62. The molecule has 1 unspecified atom stereocenters. The van der Waals surface area contributed by atoms with Gasteiger partial charge in [0, 0.05) is 18.3 Å². The van der Waals surface area contributed by atoms with Crippen LogP contribution in [-0.2, 0) is 14.4 Å². The van der Waals surface area contributed by atoms with E-state index in [1.54, 1.807) is 25.1 Å². The Morgan fingerprint density at radius 3 is 2.40 bits per heavy atom. The molecule has 0 aliphatic heterocycles. The molecule has 108 valence electrons. The van der Waals surface area contributed by atoms with Crippen molar-refractivity contribution in [3.05, 3.63) is 23.8 Å². The highest BCUT2D eigenvalue weighted by atomic mass is 16.2. The van der Waals surface area contributed by atoms with Crippen LogP contribution < -0.4 is 22.1 Å². The number of nitrogens with one attached hydrogen (secondary N) is 2. The molecule has 0 aliphatic rings. The smallest absolute Gasteiger partial charge is 0.241 e. The molecule has 6 N–H and O–H groups in total. The molecule has 1 aromatic carbocycles. The SMILES string of the molecule is CC(=O)Nc1ccc(NC(=O)C(N)CC(N)=O)cc1C. The number of hydrogen-bond donors (Lipinski definition) is 4. The Morgan fingerprint density at radius 2 is 1.90 bits per heavy atom. The Labute approximate surface area is 116 Å². The van der Waals surface area contributed by atoms with Gasteiger partial charge in [0.25, 0.3) is 0 Å². The fraction of sp³-hybridized carbons (Fsp3) is 0.308. The molecule has 0 spiro atoms. The summed E-state index contributed by atoms with van der Waals surface area (Å²) < 4.78 is 0. The molecular weight excluding hydrogens is 260 g/mol. The third-order valence-electron chi connectivity index (χ3n) is 2.56. The van der Waals surface area contributed by atoms with Gasteiger partial charge in [0.2, 0.25) is 17.7 Å². The predicted molar refractivity (Wildman–Crippen MR) is 75.9 cm³/mol. The number of carbonyl (C=O) groups excluding carboxylic acids is 3. The summed E-state index contributed by atoms with van der Waals surface area (Å²) in [6.07, 6.45) is -0.214. The third kappa shape index (κ3) is 4.69. The Bertz CT molecular complexity index is 542. The van der Waals surface area contributed by atoms with Gasteiger partial charge in [-0.3, -0.25) is 14.4 Å². The van der Waals surface area contributed by atoms with Crippen LogP contribution in [0, 0.1) is 6.92 Å². The van der Waals surface area contributed by atoms with Gasteiger partial charge >= 0.3 is 0 Å². The Kier molecular flexibility index (Phi) is 5.22. The number of hydrogen-bond acceptors (Lipinski definition) is 4. The maximum atomic E-state index is 11.7. The van der Waals surface area contributed by atoms with E-state index in [1.165, 1.54) is 6.92 Å². The molecular formula is C13H18N4O3. The van der Waals surface area contributed by atoms with Crippen LogP contribution >= 0.6 is 0 Å². The zero-order chi connectivity index (χ0) is 15.3. The van der Waals surface area contributed by atoms with Crippen molar-refractivity contribution in [2.24, 2.45) is 11.5 Å². The van der Waals surface area contributed by atoms with Gasteiger partial charge in [-0.15, -0.1) is 0 Å². The molecule has 1 aromatic rings. The van der Waals surface area contributed by atoms with Crippen LogP contribution in [0.3, 0.4) is 0 Å². The number of carbonyl (C=O) groups is 3. The summed E-state index contributed by atoms with van der Waals surface area (Å²) in [5, 5.41) is 5.25. The summed E-state index contributed by atoms with van der Waals surface area (Å²) in [6.45, 7) is 3.21. The van der Waals surface area contributed by atoms with Crippen molar-refractivity contribution < 1.29 is 14.4 Å². The number of amides is 3. The predicted octanol–water partition coefficient (Wildman–Crippen LogP) is 0.0946. The minimum atomic E-state index is -0.983. The standard InChI is InChI=1S/C13H18N4O3/c1-7-5-9(3-4-11(7)16-8(2)18)17-13(20)10(14)6-12(15)19/h3-5,10H,6,14H2,1-2H3,(H2,15,19)(H,16,18)(H,17,20). The molecule has 0 aromatic heterocycles. The highest BCUT2D eigenvalue weighted by Crippen LogP contribution is 2.19. The third-order valence-corrected chi connectivity index (χ3v) is 2.56. The molecule has 7 nitrogen and oxygen atoms in total. The van der Waals surface area contributed by atoms with Gasteiger partial charge in [-0.05, 0) is 30.7 Å². The average molecular weight is 278 g/mol. The van der Waals surface area contributed by atoms with Gasteiger partial charge < -0.3 is 22.1 Å². The second-order valence-corrected chi connectivity index (χ2v) is 4.48. The van der Waals surface area contributed by atoms with E-state index in [4.69, 9.17) is 11.5 Å². The molecule has 20 heavy (non-hydrogen) atoms. The van der Waals surface area contributed by atoms with Gasteiger partial charge in [-0.25, -0.2) is 0 Å². The molecule has 0 heterocycles. The van der Waals surface area contributed by atoms with Gasteiger partial charge in [0.15, 0.2) is 0 Å². The molecule has 0 aliphatic carbocycles. The molecule has 0 bridgehead atoms. The molecule has 0 saturated carbocycles. The molecule has 3 amide bonds. The number of aryl methyl sites for hydroxylation is 1. The van der Waals surface area contributed by atoms with Gasteiger partial charge in [0.1, 0.15) is 0 Å². The summed E-state index contributed by atoms with van der Waals surface area (Å²) in [5.41, 5.74) is 12.5. The summed E-state index contributed by atoms with van der Waals surface area (Å²) in [6, 6.07) is 4.02. The van der Waals surface area contributed by atoms with Crippen LogP contribution in [0.4, 0.5) is 11.4 Å². The van der Waals surface area contributed by atoms with E-state index in [-0.39, 0.29) is 12.3 Å². The van der Waals surface area contributed by atoms with E-state index in [0.29, 0.717) is 11.4 Å². The lowest BCUT2D eigenvalue weighted by Crippen LogP contribution is -2.39. The van der Waals surface area contributed by atoms with Crippen molar-refractivity contribution in [1.82, 2.24) is 0 Å². The lowest BCUT2D eigenvalue weighted by Gasteiger charge is -2.12. The van der Waals surface area contributed by atoms with Crippen LogP contribution in [-0.4, -0.2) is 23.8 Å². The molecule has 0 radical (unpaired) electrons. The van der Waals surface area contributed by atoms with E-state index in [2.05, 4.69) is 10.6 Å². The van der Waals surface area contributed by atoms with Crippen molar-refractivity contribution in [2.45, 2.75) is 26.3 Å². The molecule has 1 rings (SSSR count). The monoisotopic (exact) mass is 278 g/mol. The van der Waals surface area contributed by atoms with Gasteiger partial charge in [0.05, 0.1) is 12.5 Å². The number of nitrogens with two attached hydrogens (primary N) is 2. The van der Waals surface area contributed by atoms with Gasteiger partial charge in [-0.2, -0.15) is 0 Å². The zero-order valence-corrected chi connectivity index (χ0v) is 11.4. The topological polar surface area (TPSA) is 127 Å². The molecule has 0 saturated heterocycles. The summed E-state index contributed by atoms with van der Waals surface area (Å²) in [4.78, 5) is 33.4. The largest absolute Gasteiger partial charge is 0.370 e. The maximum absolute atomic E-state index is 11.7. The van der Waals surface area contributed by atoms with Crippen molar-refractivity contribution in [2.75, 3.05) is 10.6 Å². The molecule has 1 atom stereocenters. The van der Waals surface area contributed by atoms with Crippen LogP contribution in [0.2, 0.25) is 0 Å². The highest BCUT2D eigenvalue weighted by molar-refractivity contribution is 5.97. The summed E-state index contributed by atoms with van der Waals surface area (Å²) in [5.74, 6) is -1.30. The van der Waals surface area contributed by atoms with E-state index < -0.39 is 17.9 Å². The number of rotatable bonds is 5. The summed E-state index contributed by atoms with van der Waals surface area (Å²) >= 11 is 0. The number of anilines is 2. The quantitative estimate of drug-likeness (QED) is 0.608. The van der Waals surface area contributed by atoms with Gasteiger partial charge in [-0.1, -0.05) is 0 Å². The van der Waals surface area contributed by atoms with Crippen molar-refractivity contribution >= 4 is 29.1 Å². The van der Waals surface area contributed by atoms with Crippen molar-refractivity contribution in [1.29, 1.82) is 0 Å². The lowest BCUT2D eigenvalue weighted by atomic mass is 10.1. The Hall–Kier alpha value is -2.41.